The average Bonchev–Trinajstić information content (AvgIpc) is 4.09. The first kappa shape index (κ1) is 52.6. The van der Waals surface area contributed by atoms with Gasteiger partial charge in [-0.05, 0) is 94.7 Å². The second kappa shape index (κ2) is 23.1. The number of thiophene rings is 2. The molecule has 2 heterocycles. The first-order valence-corrected chi connectivity index (χ1v) is 22.9. The number of esters is 2. The fourth-order valence-electron chi connectivity index (χ4n) is 7.90. The van der Waals surface area contributed by atoms with E-state index < -0.39 is 58.6 Å². The molecule has 1 aliphatic carbocycles. The molecule has 0 aliphatic heterocycles. The summed E-state index contributed by atoms with van der Waals surface area (Å²) in [5, 5.41) is 34.4. The van der Waals surface area contributed by atoms with Crippen LogP contribution in [0.4, 0.5) is 5.69 Å². The predicted octanol–water partition coefficient (Wildman–Crippen LogP) is 7.13. The Hall–Kier alpha value is -8.36. The molecular weight excluding hydrogens is 945 g/mol. The molecule has 1 fully saturated rings. The highest BCUT2D eigenvalue weighted by Crippen LogP contribution is 2.64. The van der Waals surface area contributed by atoms with Crippen LogP contribution in [0.2, 0.25) is 0 Å². The van der Waals surface area contributed by atoms with Crippen LogP contribution in [0.1, 0.15) is 90.7 Å². The molecule has 0 bridgehead atoms. The molecule has 20 heteroatoms. The number of carbonyl (C=O) groups excluding carboxylic acids is 6. The molecule has 364 valence electrons. The Bertz CT molecular complexity index is 2760. The molecule has 18 nitrogen and oxygen atoms in total. The van der Waals surface area contributed by atoms with Gasteiger partial charge in [-0.1, -0.05) is 56.3 Å². The Labute approximate surface area is 409 Å². The van der Waals surface area contributed by atoms with Crippen molar-refractivity contribution in [1.82, 2.24) is 10.6 Å². The average molecular weight is 993 g/mol. The Morgan fingerprint density at radius 2 is 0.957 bits per heavy atom. The topological polar surface area (TPSA) is 276 Å². The van der Waals surface area contributed by atoms with Crippen molar-refractivity contribution in [2.45, 2.75) is 50.6 Å². The van der Waals surface area contributed by atoms with Crippen molar-refractivity contribution in [3.05, 3.63) is 158 Å². The maximum atomic E-state index is 14.4. The molecule has 0 spiro atoms. The van der Waals surface area contributed by atoms with E-state index in [9.17, 15) is 48.6 Å². The molecule has 0 radical (unpaired) electrons. The number of benzene rings is 4. The lowest BCUT2D eigenvalue weighted by molar-refractivity contribution is -0.171. The fourth-order valence-corrected chi connectivity index (χ4v) is 9.10. The lowest BCUT2D eigenvalue weighted by Gasteiger charge is -2.64. The van der Waals surface area contributed by atoms with Gasteiger partial charge in [-0.25, -0.2) is 19.2 Å². The maximum Gasteiger partial charge on any atom is 0.353 e. The molecule has 2 unspecified atom stereocenters. The Kier molecular flexibility index (Phi) is 17.4. The summed E-state index contributed by atoms with van der Waals surface area (Å²) in [6, 6.07) is 27.3. The summed E-state index contributed by atoms with van der Waals surface area (Å²) in [6.07, 6.45) is 0. The maximum absolute atomic E-state index is 14.4. The van der Waals surface area contributed by atoms with Gasteiger partial charge < -0.3 is 50.8 Å². The minimum atomic E-state index is -2.64. The first-order valence-electron chi connectivity index (χ1n) is 21.1. The second-order valence-corrected chi connectivity index (χ2v) is 16.8. The van der Waals surface area contributed by atoms with E-state index in [2.05, 4.69) is 21.7 Å². The van der Waals surface area contributed by atoms with Crippen molar-refractivity contribution in [3.8, 4) is 23.0 Å². The van der Waals surface area contributed by atoms with E-state index in [1.165, 1.54) is 101 Å². The highest BCUT2D eigenvalue weighted by molar-refractivity contribution is 7.12. The van der Waals surface area contributed by atoms with Crippen molar-refractivity contribution in [2.24, 2.45) is 5.73 Å². The minimum Gasteiger partial charge on any atom is -0.493 e. The number of hydrogen-bond acceptors (Lipinski definition) is 14. The monoisotopic (exact) mass is 992 g/mol. The number of nitrogens with one attached hydrogen (secondary N) is 3. The van der Waals surface area contributed by atoms with Gasteiger partial charge in [-0.2, -0.15) is 0 Å². The van der Waals surface area contributed by atoms with E-state index >= 15 is 0 Å². The molecule has 1 saturated carbocycles. The zero-order valence-electron chi connectivity index (χ0n) is 38.5. The summed E-state index contributed by atoms with van der Waals surface area (Å²) in [7, 11) is 2.51. The van der Waals surface area contributed by atoms with Crippen LogP contribution in [0.5, 0.6) is 23.0 Å². The zero-order valence-corrected chi connectivity index (χ0v) is 40.1. The summed E-state index contributed by atoms with van der Waals surface area (Å²) in [5.74, 6) is -11.6. The van der Waals surface area contributed by atoms with Crippen LogP contribution in [0.15, 0.2) is 126 Å². The Morgan fingerprint density at radius 1 is 0.557 bits per heavy atom. The molecule has 70 heavy (non-hydrogen) atoms. The van der Waals surface area contributed by atoms with Crippen molar-refractivity contribution in [1.29, 1.82) is 0 Å². The van der Waals surface area contributed by atoms with Gasteiger partial charge in [0.2, 0.25) is 11.8 Å². The summed E-state index contributed by atoms with van der Waals surface area (Å²) in [4.78, 5) is 105. The van der Waals surface area contributed by atoms with Crippen LogP contribution in [0.25, 0.3) is 0 Å². The van der Waals surface area contributed by atoms with Crippen LogP contribution >= 0.6 is 22.7 Å². The molecule has 7 rings (SSSR count). The number of amides is 4. The van der Waals surface area contributed by atoms with Crippen LogP contribution in [-0.4, -0.2) is 83.0 Å². The lowest BCUT2D eigenvalue weighted by Crippen LogP contribution is -2.86. The minimum absolute atomic E-state index is 0.0265. The van der Waals surface area contributed by atoms with E-state index in [0.29, 0.717) is 5.69 Å². The standard InChI is InChI=1S/C46H37N3O13S2.C2H5NO.C2H6/c1-25(50)47-30-17-13-27(14-18-30)40(52)49-46(44(57)58)37(28-15-19-31(33(23-28)59-2)61-41(53)35-11-7-21-63-35)45(43(55)56,48-39(51)26-9-5-4-6-10-26)38(46)29-16-20-32(34(24-29)60-3)62-42(54)36-12-8-22-64-36;1-2(3)4;1-2/h4-24,37-38H,1-3H3,(H,47,50)(H,48,51)(H,49,52)(H,55,56)(H,57,58);1H3,(H2,3,4);1-2H3. The van der Waals surface area contributed by atoms with Gasteiger partial charge in [0, 0.05) is 30.7 Å². The van der Waals surface area contributed by atoms with Gasteiger partial charge in [0.05, 0.1) is 26.1 Å². The Morgan fingerprint density at radius 3 is 1.30 bits per heavy atom. The Balaban J connectivity index is 0.00000145. The van der Waals surface area contributed by atoms with E-state index in [1.807, 2.05) is 13.8 Å². The normalized spacial score (nSPS) is 17.5. The third kappa shape index (κ3) is 11.1. The van der Waals surface area contributed by atoms with Gasteiger partial charge in [0.15, 0.2) is 34.1 Å². The number of aliphatic carboxylic acids is 2. The molecule has 2 aromatic heterocycles. The summed E-state index contributed by atoms with van der Waals surface area (Å²) in [6.45, 7) is 6.60. The fraction of sp³-hybridized carbons (Fsp3) is 0.200. The third-order valence-corrected chi connectivity index (χ3v) is 12.3. The SMILES string of the molecule is CC.CC(N)=O.COc1cc(C2C(NC(=O)c3ccccc3)(C(=O)O)C(c3ccc(OC(=O)c4cccs4)c(OC)c3)C2(NC(=O)c2ccc(NC(C)=O)cc2)C(=O)O)ccc1OC(=O)c1cccs1. The smallest absolute Gasteiger partial charge is 0.353 e. The summed E-state index contributed by atoms with van der Waals surface area (Å²) in [5.41, 5.74) is -0.642. The largest absolute Gasteiger partial charge is 0.493 e. The van der Waals surface area contributed by atoms with Crippen LogP contribution in [0.3, 0.4) is 0 Å². The quantitative estimate of drug-likeness (QED) is 0.0441. The lowest BCUT2D eigenvalue weighted by atomic mass is 9.43. The number of hydrogen-bond donors (Lipinski definition) is 6. The number of primary amides is 1. The second-order valence-electron chi connectivity index (χ2n) is 14.9. The number of rotatable bonds is 15. The van der Waals surface area contributed by atoms with Gasteiger partial charge >= 0.3 is 23.9 Å². The van der Waals surface area contributed by atoms with Crippen LogP contribution in [0, 0.1) is 0 Å². The molecule has 2 atom stereocenters. The number of carboxylic acid groups (broad SMARTS) is 2. The van der Waals surface area contributed by atoms with Gasteiger partial charge in [0.25, 0.3) is 11.8 Å². The first-order chi connectivity index (χ1) is 33.5. The number of ether oxygens (including phenoxy) is 4. The number of carboxylic acids is 2. The van der Waals surface area contributed by atoms with Crippen LogP contribution < -0.4 is 40.6 Å². The van der Waals surface area contributed by atoms with E-state index in [1.54, 1.807) is 53.2 Å². The van der Waals surface area contributed by atoms with Gasteiger partial charge in [-0.15, -0.1) is 22.7 Å². The molecule has 6 aromatic rings. The molecular formula is C50H48N4O14S2. The van der Waals surface area contributed by atoms with Crippen LogP contribution in [-0.2, 0) is 19.2 Å². The van der Waals surface area contributed by atoms with Crippen molar-refractivity contribution >= 4 is 75.9 Å². The van der Waals surface area contributed by atoms with E-state index in [-0.39, 0.29) is 66.8 Å². The van der Waals surface area contributed by atoms with Crippen molar-refractivity contribution in [3.63, 3.8) is 0 Å². The summed E-state index contributed by atoms with van der Waals surface area (Å²) >= 11 is 2.25. The highest BCUT2D eigenvalue weighted by Gasteiger charge is 2.80. The highest BCUT2D eigenvalue weighted by atomic mass is 32.1. The predicted molar refractivity (Wildman–Crippen MR) is 259 cm³/mol. The van der Waals surface area contributed by atoms with E-state index in [0.717, 1.165) is 22.7 Å². The number of anilines is 1. The number of carbonyl (C=O) groups is 8. The van der Waals surface area contributed by atoms with Crippen molar-refractivity contribution < 1.29 is 67.5 Å². The number of methoxy groups -OCH3 is 2. The summed E-state index contributed by atoms with van der Waals surface area (Å²) < 4.78 is 22.4. The molecule has 4 amide bonds. The van der Waals surface area contributed by atoms with Gasteiger partial charge in [0.1, 0.15) is 9.75 Å². The molecule has 0 saturated heterocycles. The molecule has 7 N–H and O–H groups in total. The van der Waals surface area contributed by atoms with E-state index in [4.69, 9.17) is 18.9 Å². The van der Waals surface area contributed by atoms with Gasteiger partial charge in [-0.3, -0.25) is 19.2 Å². The molecule has 4 aromatic carbocycles. The number of nitrogens with two attached hydrogens (primary N) is 1. The zero-order chi connectivity index (χ0) is 51.3. The molecule has 1 aliphatic rings. The third-order valence-electron chi connectivity index (χ3n) is 10.6. The van der Waals surface area contributed by atoms with Crippen molar-refractivity contribution in [2.75, 3.05) is 19.5 Å².